The van der Waals surface area contributed by atoms with Gasteiger partial charge in [0.1, 0.15) is 5.54 Å². The van der Waals surface area contributed by atoms with Crippen molar-refractivity contribution in [2.45, 2.75) is 25.9 Å². The Kier molecular flexibility index (Phi) is 3.02. The summed E-state index contributed by atoms with van der Waals surface area (Å²) in [5, 5.41) is 2.88. The average Bonchev–Trinajstić information content (AvgIpc) is 2.33. The minimum atomic E-state index is -0.564. The van der Waals surface area contributed by atoms with Gasteiger partial charge in [0.2, 0.25) is 5.91 Å². The SMILES string of the molecule is CC1(C)C(=O)NCCN1c1cccnc1CN. The van der Waals surface area contributed by atoms with Gasteiger partial charge < -0.3 is 16.0 Å². The summed E-state index contributed by atoms with van der Waals surface area (Å²) >= 11 is 0. The number of piperazine rings is 1. The fraction of sp³-hybridized carbons (Fsp3) is 0.500. The van der Waals surface area contributed by atoms with E-state index in [1.807, 2.05) is 26.0 Å². The molecule has 17 heavy (non-hydrogen) atoms. The molecule has 5 nitrogen and oxygen atoms in total. The standard InChI is InChI=1S/C12H18N4O/c1-12(2)11(17)15-6-7-16(12)10-4-3-5-14-9(10)8-13/h3-5H,6-8,13H2,1-2H3,(H,15,17). The molecule has 1 amide bonds. The number of hydrogen-bond acceptors (Lipinski definition) is 4. The predicted octanol–water partition coefficient (Wildman–Crippen LogP) is 0.255. The Morgan fingerprint density at radius 1 is 1.59 bits per heavy atom. The molecule has 0 aliphatic carbocycles. The molecule has 0 atom stereocenters. The van der Waals surface area contributed by atoms with Crippen molar-refractivity contribution in [2.75, 3.05) is 18.0 Å². The predicted molar refractivity (Wildman–Crippen MR) is 66.6 cm³/mol. The second kappa shape index (κ2) is 4.33. The zero-order valence-electron chi connectivity index (χ0n) is 10.2. The van der Waals surface area contributed by atoms with Crippen LogP contribution in [-0.2, 0) is 11.3 Å². The number of nitrogens with one attached hydrogen (secondary N) is 1. The van der Waals surface area contributed by atoms with Gasteiger partial charge in [-0.3, -0.25) is 9.78 Å². The summed E-state index contributed by atoms with van der Waals surface area (Å²) in [6.45, 7) is 5.63. The first kappa shape index (κ1) is 11.9. The molecule has 1 fully saturated rings. The lowest BCUT2D eigenvalue weighted by Gasteiger charge is -2.43. The van der Waals surface area contributed by atoms with Crippen LogP contribution in [0.5, 0.6) is 0 Å². The largest absolute Gasteiger partial charge is 0.354 e. The molecular formula is C12H18N4O. The van der Waals surface area contributed by atoms with Gasteiger partial charge in [-0.15, -0.1) is 0 Å². The van der Waals surface area contributed by atoms with Crippen molar-refractivity contribution in [1.29, 1.82) is 0 Å². The van der Waals surface area contributed by atoms with Crippen LogP contribution in [0.25, 0.3) is 0 Å². The number of pyridine rings is 1. The van der Waals surface area contributed by atoms with Crippen LogP contribution in [0.2, 0.25) is 0 Å². The van der Waals surface area contributed by atoms with Crippen LogP contribution >= 0.6 is 0 Å². The number of anilines is 1. The number of amides is 1. The number of carbonyl (C=O) groups excluding carboxylic acids is 1. The minimum Gasteiger partial charge on any atom is -0.354 e. The van der Waals surface area contributed by atoms with Crippen LogP contribution in [0.3, 0.4) is 0 Å². The van der Waals surface area contributed by atoms with Gasteiger partial charge >= 0.3 is 0 Å². The molecule has 1 aliphatic rings. The third kappa shape index (κ3) is 1.98. The molecule has 0 spiro atoms. The van der Waals surface area contributed by atoms with Crippen molar-refractivity contribution in [3.8, 4) is 0 Å². The van der Waals surface area contributed by atoms with Crippen LogP contribution < -0.4 is 16.0 Å². The lowest BCUT2D eigenvalue weighted by molar-refractivity contribution is -0.126. The Bertz CT molecular complexity index is 430. The first-order valence-electron chi connectivity index (χ1n) is 5.77. The number of aromatic nitrogens is 1. The summed E-state index contributed by atoms with van der Waals surface area (Å²) in [5.41, 5.74) is 6.91. The van der Waals surface area contributed by atoms with Crippen molar-refractivity contribution in [3.63, 3.8) is 0 Å². The fourth-order valence-electron chi connectivity index (χ4n) is 2.15. The first-order chi connectivity index (χ1) is 8.07. The van der Waals surface area contributed by atoms with Crippen molar-refractivity contribution < 1.29 is 4.79 Å². The highest BCUT2D eigenvalue weighted by molar-refractivity contribution is 5.90. The highest BCUT2D eigenvalue weighted by Crippen LogP contribution is 2.27. The summed E-state index contributed by atoms with van der Waals surface area (Å²) in [7, 11) is 0. The number of carbonyl (C=O) groups is 1. The van der Waals surface area contributed by atoms with E-state index < -0.39 is 5.54 Å². The molecule has 92 valence electrons. The van der Waals surface area contributed by atoms with Gasteiger partial charge in [0.05, 0.1) is 11.4 Å². The molecule has 1 aromatic heterocycles. The third-order valence-electron chi connectivity index (χ3n) is 3.20. The van der Waals surface area contributed by atoms with Crippen LogP contribution in [0.15, 0.2) is 18.3 Å². The van der Waals surface area contributed by atoms with E-state index in [2.05, 4.69) is 15.2 Å². The summed E-state index contributed by atoms with van der Waals surface area (Å²) < 4.78 is 0. The van der Waals surface area contributed by atoms with Crippen LogP contribution in [-0.4, -0.2) is 29.5 Å². The molecule has 0 saturated carbocycles. The summed E-state index contributed by atoms with van der Waals surface area (Å²) in [5.74, 6) is 0.0376. The summed E-state index contributed by atoms with van der Waals surface area (Å²) in [6, 6.07) is 3.84. The number of nitrogens with two attached hydrogens (primary N) is 1. The molecule has 0 unspecified atom stereocenters. The molecule has 1 saturated heterocycles. The Balaban J connectivity index is 2.41. The third-order valence-corrected chi connectivity index (χ3v) is 3.20. The van der Waals surface area contributed by atoms with Crippen LogP contribution in [0.1, 0.15) is 19.5 Å². The lowest BCUT2D eigenvalue weighted by atomic mass is 9.97. The van der Waals surface area contributed by atoms with Crippen molar-refractivity contribution in [1.82, 2.24) is 10.3 Å². The van der Waals surface area contributed by atoms with Crippen molar-refractivity contribution in [2.24, 2.45) is 5.73 Å². The maximum atomic E-state index is 11.9. The first-order valence-corrected chi connectivity index (χ1v) is 5.77. The van der Waals surface area contributed by atoms with E-state index in [1.165, 1.54) is 0 Å². The van der Waals surface area contributed by atoms with Gasteiger partial charge in [-0.25, -0.2) is 0 Å². The maximum absolute atomic E-state index is 11.9. The average molecular weight is 234 g/mol. The normalized spacial score (nSPS) is 19.0. The number of hydrogen-bond donors (Lipinski definition) is 2. The molecule has 3 N–H and O–H groups in total. The zero-order valence-corrected chi connectivity index (χ0v) is 10.2. The van der Waals surface area contributed by atoms with E-state index in [4.69, 9.17) is 5.73 Å². The second-order valence-corrected chi connectivity index (χ2v) is 4.64. The smallest absolute Gasteiger partial charge is 0.245 e. The van der Waals surface area contributed by atoms with E-state index in [0.29, 0.717) is 13.1 Å². The maximum Gasteiger partial charge on any atom is 0.245 e. The Hall–Kier alpha value is -1.62. The van der Waals surface area contributed by atoms with Crippen LogP contribution in [0.4, 0.5) is 5.69 Å². The topological polar surface area (TPSA) is 71.2 Å². The lowest BCUT2D eigenvalue weighted by Crippen LogP contribution is -2.62. The van der Waals surface area contributed by atoms with E-state index in [0.717, 1.165) is 17.9 Å². The highest BCUT2D eigenvalue weighted by Gasteiger charge is 2.38. The Morgan fingerprint density at radius 3 is 3.06 bits per heavy atom. The van der Waals surface area contributed by atoms with Gasteiger partial charge in [-0.05, 0) is 26.0 Å². The van der Waals surface area contributed by atoms with E-state index >= 15 is 0 Å². The Morgan fingerprint density at radius 2 is 2.35 bits per heavy atom. The van der Waals surface area contributed by atoms with Gasteiger partial charge in [0.15, 0.2) is 0 Å². The van der Waals surface area contributed by atoms with Gasteiger partial charge in [0, 0.05) is 25.8 Å². The molecule has 2 heterocycles. The second-order valence-electron chi connectivity index (χ2n) is 4.64. The van der Waals surface area contributed by atoms with E-state index in [1.54, 1.807) is 6.20 Å². The molecule has 0 bridgehead atoms. The number of nitrogens with zero attached hydrogens (tertiary/aromatic N) is 2. The molecule has 0 aromatic carbocycles. The summed E-state index contributed by atoms with van der Waals surface area (Å²) in [6.07, 6.45) is 1.72. The molecule has 2 rings (SSSR count). The zero-order chi connectivity index (χ0) is 12.5. The van der Waals surface area contributed by atoms with E-state index in [9.17, 15) is 4.79 Å². The Labute approximate surface area is 101 Å². The van der Waals surface area contributed by atoms with Crippen LogP contribution in [0, 0.1) is 0 Å². The van der Waals surface area contributed by atoms with Gasteiger partial charge in [-0.1, -0.05) is 0 Å². The molecular weight excluding hydrogens is 216 g/mol. The van der Waals surface area contributed by atoms with Gasteiger partial charge in [-0.2, -0.15) is 0 Å². The monoisotopic (exact) mass is 234 g/mol. The number of rotatable bonds is 2. The molecule has 1 aromatic rings. The van der Waals surface area contributed by atoms with Gasteiger partial charge in [0.25, 0.3) is 0 Å². The summed E-state index contributed by atoms with van der Waals surface area (Å²) in [4.78, 5) is 18.2. The van der Waals surface area contributed by atoms with E-state index in [-0.39, 0.29) is 5.91 Å². The fourth-order valence-corrected chi connectivity index (χ4v) is 2.15. The molecule has 0 radical (unpaired) electrons. The molecule has 5 heteroatoms. The highest BCUT2D eigenvalue weighted by atomic mass is 16.2. The minimum absolute atomic E-state index is 0.0376. The molecule has 1 aliphatic heterocycles. The van der Waals surface area contributed by atoms with Crippen molar-refractivity contribution >= 4 is 11.6 Å². The quantitative estimate of drug-likeness (QED) is 0.769. The van der Waals surface area contributed by atoms with Crippen molar-refractivity contribution in [3.05, 3.63) is 24.0 Å².